The van der Waals surface area contributed by atoms with Crippen LogP contribution < -0.4 is 10.6 Å². The summed E-state index contributed by atoms with van der Waals surface area (Å²) in [6.07, 6.45) is 1.49. The van der Waals surface area contributed by atoms with Crippen molar-refractivity contribution in [2.45, 2.75) is 13.3 Å². The second kappa shape index (κ2) is 8.34. The van der Waals surface area contributed by atoms with Gasteiger partial charge in [-0.25, -0.2) is 13.9 Å². The van der Waals surface area contributed by atoms with Crippen molar-refractivity contribution in [3.63, 3.8) is 0 Å². The van der Waals surface area contributed by atoms with Crippen LogP contribution in [0.2, 0.25) is 0 Å². The topological polar surface area (TPSA) is 85.2 Å². The van der Waals surface area contributed by atoms with Gasteiger partial charge in [0.05, 0.1) is 30.3 Å². The fraction of sp³-hybridized carbons (Fsp3) is 0.150. The normalized spacial score (nSPS) is 10.4. The molecule has 0 aliphatic carbocycles. The lowest BCUT2D eigenvalue weighted by Crippen LogP contribution is -2.14. The number of nitrogens with zero attached hydrogens (tertiary/aromatic N) is 2. The average molecular weight is 382 g/mol. The number of ether oxygens (including phenoxy) is 1. The van der Waals surface area contributed by atoms with Crippen LogP contribution in [-0.4, -0.2) is 28.9 Å². The van der Waals surface area contributed by atoms with Crippen LogP contribution in [-0.2, 0) is 11.2 Å². The van der Waals surface area contributed by atoms with E-state index < -0.39 is 6.09 Å². The quantitative estimate of drug-likeness (QED) is 0.698. The smallest absolute Gasteiger partial charge is 0.411 e. The summed E-state index contributed by atoms with van der Waals surface area (Å²) in [5.74, 6) is -0.643. The van der Waals surface area contributed by atoms with Crippen molar-refractivity contribution in [1.82, 2.24) is 9.78 Å². The first-order valence-electron chi connectivity index (χ1n) is 8.61. The zero-order valence-corrected chi connectivity index (χ0v) is 15.4. The highest BCUT2D eigenvalue weighted by molar-refractivity contribution is 6.05. The first-order chi connectivity index (χ1) is 13.5. The van der Waals surface area contributed by atoms with Crippen molar-refractivity contribution in [2.24, 2.45) is 0 Å². The van der Waals surface area contributed by atoms with Gasteiger partial charge in [-0.05, 0) is 55.0 Å². The molecule has 0 saturated heterocycles. The Kier molecular flexibility index (Phi) is 5.69. The molecule has 0 radical (unpaired) electrons. The van der Waals surface area contributed by atoms with E-state index in [0.29, 0.717) is 34.7 Å². The zero-order valence-electron chi connectivity index (χ0n) is 15.4. The molecule has 1 aromatic heterocycles. The maximum Gasteiger partial charge on any atom is 0.411 e. The van der Waals surface area contributed by atoms with Crippen LogP contribution in [0.3, 0.4) is 0 Å². The van der Waals surface area contributed by atoms with Crippen LogP contribution in [0, 0.1) is 5.82 Å². The SMILES string of the molecule is CCc1c(C(=O)Nc2ccc(NC(=O)OC)cc2)cnn1-c1ccc(F)cc1. The Morgan fingerprint density at radius 1 is 1.04 bits per heavy atom. The molecular formula is C20H19FN4O3. The van der Waals surface area contributed by atoms with Gasteiger partial charge in [-0.15, -0.1) is 0 Å². The lowest BCUT2D eigenvalue weighted by molar-refractivity contribution is 0.102. The lowest BCUT2D eigenvalue weighted by Gasteiger charge is -2.09. The number of carbonyl (C=O) groups is 2. The maximum absolute atomic E-state index is 13.2. The molecular weight excluding hydrogens is 363 g/mol. The van der Waals surface area contributed by atoms with Gasteiger partial charge < -0.3 is 10.1 Å². The summed E-state index contributed by atoms with van der Waals surface area (Å²) in [6, 6.07) is 12.5. The standard InChI is InChI=1S/C20H19FN4O3/c1-3-18-17(12-22-25(18)16-10-4-13(21)5-11-16)19(26)23-14-6-8-15(9-7-14)24-20(27)28-2/h4-12H,3H2,1-2H3,(H,23,26)(H,24,27). The predicted molar refractivity (Wildman–Crippen MR) is 103 cm³/mol. The van der Waals surface area contributed by atoms with Crippen LogP contribution in [0.25, 0.3) is 5.69 Å². The monoisotopic (exact) mass is 382 g/mol. The van der Waals surface area contributed by atoms with E-state index in [1.807, 2.05) is 6.92 Å². The first-order valence-corrected chi connectivity index (χ1v) is 8.61. The highest BCUT2D eigenvalue weighted by Crippen LogP contribution is 2.19. The molecule has 7 nitrogen and oxygen atoms in total. The molecule has 28 heavy (non-hydrogen) atoms. The Labute approximate surface area is 161 Å². The fourth-order valence-corrected chi connectivity index (χ4v) is 2.71. The number of hydrogen-bond acceptors (Lipinski definition) is 4. The second-order valence-corrected chi connectivity index (χ2v) is 5.89. The van der Waals surface area contributed by atoms with Crippen molar-refractivity contribution in [3.8, 4) is 5.69 Å². The van der Waals surface area contributed by atoms with Gasteiger partial charge in [-0.1, -0.05) is 6.92 Å². The molecule has 2 aromatic carbocycles. The molecule has 0 aliphatic heterocycles. The van der Waals surface area contributed by atoms with Crippen molar-refractivity contribution in [1.29, 1.82) is 0 Å². The molecule has 144 valence electrons. The highest BCUT2D eigenvalue weighted by Gasteiger charge is 2.17. The minimum Gasteiger partial charge on any atom is -0.453 e. The van der Waals surface area contributed by atoms with Gasteiger partial charge in [-0.2, -0.15) is 5.10 Å². The number of halogens is 1. The molecule has 0 unspecified atom stereocenters. The molecule has 0 aliphatic rings. The van der Waals surface area contributed by atoms with Crippen LogP contribution in [0.5, 0.6) is 0 Å². The van der Waals surface area contributed by atoms with Crippen molar-refractivity contribution in [3.05, 3.63) is 71.8 Å². The third-order valence-corrected chi connectivity index (χ3v) is 4.09. The highest BCUT2D eigenvalue weighted by atomic mass is 19.1. The number of nitrogens with one attached hydrogen (secondary N) is 2. The summed E-state index contributed by atoms with van der Waals surface area (Å²) in [5.41, 5.74) is 2.94. The van der Waals surface area contributed by atoms with Gasteiger partial charge in [0.2, 0.25) is 0 Å². The summed E-state index contributed by atoms with van der Waals surface area (Å²) in [4.78, 5) is 23.9. The molecule has 0 fully saturated rings. The van der Waals surface area contributed by atoms with Gasteiger partial charge in [0.15, 0.2) is 0 Å². The Morgan fingerprint density at radius 3 is 2.21 bits per heavy atom. The first kappa shape index (κ1) is 19.1. The molecule has 0 atom stereocenters. The fourth-order valence-electron chi connectivity index (χ4n) is 2.71. The van der Waals surface area contributed by atoms with E-state index in [-0.39, 0.29) is 11.7 Å². The third-order valence-electron chi connectivity index (χ3n) is 4.09. The number of rotatable bonds is 5. The van der Waals surface area contributed by atoms with Crippen LogP contribution in [0.15, 0.2) is 54.7 Å². The van der Waals surface area contributed by atoms with Crippen LogP contribution >= 0.6 is 0 Å². The van der Waals surface area contributed by atoms with E-state index in [1.54, 1.807) is 41.1 Å². The van der Waals surface area contributed by atoms with E-state index in [4.69, 9.17) is 0 Å². The molecule has 3 rings (SSSR count). The summed E-state index contributed by atoms with van der Waals surface area (Å²) in [6.45, 7) is 1.92. The van der Waals surface area contributed by atoms with Gasteiger partial charge in [0.25, 0.3) is 5.91 Å². The largest absolute Gasteiger partial charge is 0.453 e. The molecule has 0 spiro atoms. The number of anilines is 2. The molecule has 8 heteroatoms. The number of aromatic nitrogens is 2. The number of amides is 2. The van der Waals surface area contributed by atoms with E-state index >= 15 is 0 Å². The van der Waals surface area contributed by atoms with Crippen molar-refractivity contribution < 1.29 is 18.7 Å². The molecule has 1 heterocycles. The van der Waals surface area contributed by atoms with Gasteiger partial charge in [0, 0.05) is 11.4 Å². The Bertz CT molecular complexity index is 982. The maximum atomic E-state index is 13.2. The Hall–Kier alpha value is -3.68. The van der Waals surface area contributed by atoms with Gasteiger partial charge in [-0.3, -0.25) is 10.1 Å². The van der Waals surface area contributed by atoms with E-state index in [2.05, 4.69) is 20.5 Å². The van der Waals surface area contributed by atoms with Crippen molar-refractivity contribution in [2.75, 3.05) is 17.7 Å². The lowest BCUT2D eigenvalue weighted by atomic mass is 10.1. The molecule has 3 aromatic rings. The van der Waals surface area contributed by atoms with Gasteiger partial charge >= 0.3 is 6.09 Å². The van der Waals surface area contributed by atoms with Crippen molar-refractivity contribution >= 4 is 23.4 Å². The van der Waals surface area contributed by atoms with E-state index in [9.17, 15) is 14.0 Å². The molecule has 0 saturated carbocycles. The minimum absolute atomic E-state index is 0.307. The van der Waals surface area contributed by atoms with Crippen LogP contribution in [0.1, 0.15) is 23.0 Å². The minimum atomic E-state index is -0.572. The number of carbonyl (C=O) groups excluding carboxylic acids is 2. The third kappa shape index (κ3) is 4.17. The summed E-state index contributed by atoms with van der Waals surface area (Å²) in [5, 5.41) is 9.62. The number of benzene rings is 2. The number of hydrogen-bond donors (Lipinski definition) is 2. The average Bonchev–Trinajstić information content (AvgIpc) is 3.14. The summed E-state index contributed by atoms with van der Waals surface area (Å²) >= 11 is 0. The second-order valence-electron chi connectivity index (χ2n) is 5.89. The Morgan fingerprint density at radius 2 is 1.64 bits per heavy atom. The summed E-state index contributed by atoms with van der Waals surface area (Å²) < 4.78 is 19.3. The molecule has 2 amide bonds. The van der Waals surface area contributed by atoms with Crippen LogP contribution in [0.4, 0.5) is 20.6 Å². The van der Waals surface area contributed by atoms with E-state index in [1.165, 1.54) is 25.4 Å². The number of methoxy groups -OCH3 is 1. The van der Waals surface area contributed by atoms with E-state index in [0.717, 1.165) is 0 Å². The predicted octanol–water partition coefficient (Wildman–Crippen LogP) is 4.00. The zero-order chi connectivity index (χ0) is 20.1. The van der Waals surface area contributed by atoms with Gasteiger partial charge in [0.1, 0.15) is 5.82 Å². The molecule has 2 N–H and O–H groups in total. The Balaban J connectivity index is 1.77. The summed E-state index contributed by atoms with van der Waals surface area (Å²) in [7, 11) is 1.28. The molecule has 0 bridgehead atoms.